The van der Waals surface area contributed by atoms with Crippen LogP contribution < -0.4 is 4.74 Å². The second kappa shape index (κ2) is 3.52. The molecule has 0 atom stereocenters. The van der Waals surface area contributed by atoms with Crippen LogP contribution in [0.1, 0.15) is 31.3 Å². The van der Waals surface area contributed by atoms with E-state index in [-0.39, 0.29) is 0 Å². The van der Waals surface area contributed by atoms with Gasteiger partial charge >= 0.3 is 0 Å². The van der Waals surface area contributed by atoms with Crippen molar-refractivity contribution in [3.05, 3.63) is 24.7 Å². The van der Waals surface area contributed by atoms with Crippen LogP contribution in [-0.4, -0.2) is 9.97 Å². The summed E-state index contributed by atoms with van der Waals surface area (Å²) < 4.78 is 4.78. The summed E-state index contributed by atoms with van der Waals surface area (Å²) in [7, 11) is 3.31. The molecule has 0 aliphatic rings. The molecule has 0 amide bonds. The van der Waals surface area contributed by atoms with Crippen LogP contribution in [0.25, 0.3) is 0 Å². The fourth-order valence-electron chi connectivity index (χ4n) is 0.894. The van der Waals surface area contributed by atoms with Crippen molar-refractivity contribution in [3.8, 4) is 5.88 Å². The summed E-state index contributed by atoms with van der Waals surface area (Å²) in [4.78, 5) is 8.42. The molecule has 3 nitrogen and oxygen atoms in total. The van der Waals surface area contributed by atoms with E-state index in [2.05, 4.69) is 17.1 Å². The summed E-state index contributed by atoms with van der Waals surface area (Å²) in [5.74, 6) is 1.65. The monoisotopic (exact) mass is 165 g/mol. The number of nitrogens with zero attached hydrogens (tertiary/aromatic N) is 2. The van der Waals surface area contributed by atoms with Gasteiger partial charge in [-0.1, -0.05) is 13.8 Å². The lowest BCUT2D eigenvalue weighted by Crippen LogP contribution is -2.00. The quantitative estimate of drug-likeness (QED) is 0.673. The highest BCUT2D eigenvalue weighted by Gasteiger charge is 2.05. The fourth-order valence-corrected chi connectivity index (χ4v) is 0.894. The zero-order valence-corrected chi connectivity index (χ0v) is 7.66. The largest absolute Gasteiger partial charge is 0.474 e. The second-order valence-electron chi connectivity index (χ2n) is 3.00. The lowest BCUT2D eigenvalue weighted by Gasteiger charge is -2.06. The van der Waals surface area contributed by atoms with Gasteiger partial charge in [0, 0.05) is 17.7 Å². The first-order valence-corrected chi connectivity index (χ1v) is 3.91. The third kappa shape index (κ3) is 1.94. The van der Waals surface area contributed by atoms with E-state index in [1.807, 2.05) is 20.8 Å². The van der Waals surface area contributed by atoms with E-state index in [4.69, 9.17) is 4.74 Å². The normalized spacial score (nSPS) is 10.4. The molecule has 1 radical (unpaired) electrons. The average molecular weight is 165 g/mol. The van der Waals surface area contributed by atoms with Gasteiger partial charge in [-0.25, -0.2) is 4.98 Å². The van der Waals surface area contributed by atoms with Gasteiger partial charge in [-0.15, -0.1) is 0 Å². The summed E-state index contributed by atoms with van der Waals surface area (Å²) in [6, 6.07) is 1.76. The van der Waals surface area contributed by atoms with E-state index in [9.17, 15) is 0 Å². The Morgan fingerprint density at radius 3 is 2.58 bits per heavy atom. The molecule has 1 heterocycles. The third-order valence-electron chi connectivity index (χ3n) is 1.51. The number of ether oxygens (including phenoxy) is 1. The summed E-state index contributed by atoms with van der Waals surface area (Å²) in [5, 5.41) is 0. The topological polar surface area (TPSA) is 35.0 Å². The lowest BCUT2D eigenvalue weighted by molar-refractivity contribution is 0.446. The first kappa shape index (κ1) is 8.97. The van der Waals surface area contributed by atoms with Gasteiger partial charge in [0.25, 0.3) is 0 Å². The second-order valence-corrected chi connectivity index (χ2v) is 3.00. The van der Waals surface area contributed by atoms with Crippen LogP contribution in [0.2, 0.25) is 0 Å². The highest BCUT2D eigenvalue weighted by molar-refractivity contribution is 5.16. The Morgan fingerprint density at radius 2 is 2.08 bits per heavy atom. The van der Waals surface area contributed by atoms with E-state index < -0.39 is 0 Å². The summed E-state index contributed by atoms with van der Waals surface area (Å²) in [6.45, 7) is 6.00. The van der Waals surface area contributed by atoms with Crippen molar-refractivity contribution in [2.75, 3.05) is 0 Å². The Bertz CT molecular complexity index is 271. The third-order valence-corrected chi connectivity index (χ3v) is 1.51. The zero-order chi connectivity index (χ0) is 9.14. The molecule has 3 heteroatoms. The highest BCUT2D eigenvalue weighted by Crippen LogP contribution is 2.14. The van der Waals surface area contributed by atoms with Crippen LogP contribution >= 0.6 is 0 Å². The molecule has 0 saturated heterocycles. The highest BCUT2D eigenvalue weighted by atomic mass is 16.5. The Hall–Kier alpha value is -1.12. The molecule has 0 fully saturated rings. The number of hydrogen-bond acceptors (Lipinski definition) is 3. The predicted molar refractivity (Wildman–Crippen MR) is 46.8 cm³/mol. The molecule has 0 bridgehead atoms. The number of aromatic nitrogens is 2. The van der Waals surface area contributed by atoms with Crippen molar-refractivity contribution in [2.24, 2.45) is 0 Å². The van der Waals surface area contributed by atoms with E-state index >= 15 is 0 Å². The van der Waals surface area contributed by atoms with Crippen molar-refractivity contribution >= 4 is 0 Å². The van der Waals surface area contributed by atoms with E-state index in [0.717, 1.165) is 11.5 Å². The minimum Gasteiger partial charge on any atom is -0.474 e. The molecule has 0 N–H and O–H groups in total. The number of hydrogen-bond donors (Lipinski definition) is 0. The van der Waals surface area contributed by atoms with Gasteiger partial charge in [0.05, 0.1) is 0 Å². The van der Waals surface area contributed by atoms with Crippen molar-refractivity contribution < 1.29 is 4.74 Å². The molecular weight excluding hydrogens is 152 g/mol. The first-order valence-electron chi connectivity index (χ1n) is 3.91. The molecule has 65 valence electrons. The van der Waals surface area contributed by atoms with E-state index in [1.54, 1.807) is 6.07 Å². The van der Waals surface area contributed by atoms with Crippen LogP contribution in [0, 0.1) is 14.0 Å². The molecule has 0 aromatic carbocycles. The SMILES string of the molecule is [CH2]Oc1cc(C)nc(C(C)C)n1. The number of rotatable bonds is 2. The molecule has 1 aromatic heterocycles. The molecular formula is C9H13N2O. The fraction of sp³-hybridized carbons (Fsp3) is 0.444. The van der Waals surface area contributed by atoms with E-state index in [1.165, 1.54) is 0 Å². The maximum atomic E-state index is 4.78. The van der Waals surface area contributed by atoms with Gasteiger partial charge in [-0.3, -0.25) is 0 Å². The summed E-state index contributed by atoms with van der Waals surface area (Å²) in [6.07, 6.45) is 0. The van der Waals surface area contributed by atoms with Crippen LogP contribution in [0.5, 0.6) is 5.88 Å². The maximum Gasteiger partial charge on any atom is 0.216 e. The summed E-state index contributed by atoms with van der Waals surface area (Å²) in [5.41, 5.74) is 0.910. The van der Waals surface area contributed by atoms with Crippen molar-refractivity contribution in [2.45, 2.75) is 26.7 Å². The van der Waals surface area contributed by atoms with Crippen LogP contribution in [0.4, 0.5) is 0 Å². The predicted octanol–water partition coefficient (Wildman–Crippen LogP) is 2.08. The van der Waals surface area contributed by atoms with Crippen LogP contribution in [0.3, 0.4) is 0 Å². The van der Waals surface area contributed by atoms with Gasteiger partial charge in [-0.05, 0) is 6.92 Å². The van der Waals surface area contributed by atoms with E-state index in [0.29, 0.717) is 11.8 Å². The van der Waals surface area contributed by atoms with Crippen LogP contribution in [-0.2, 0) is 0 Å². The lowest BCUT2D eigenvalue weighted by atomic mass is 10.2. The molecule has 0 unspecified atom stereocenters. The Kier molecular flexibility index (Phi) is 2.63. The van der Waals surface area contributed by atoms with Crippen molar-refractivity contribution in [3.63, 3.8) is 0 Å². The summed E-state index contributed by atoms with van der Waals surface area (Å²) >= 11 is 0. The average Bonchev–Trinajstić information content (AvgIpc) is 2.03. The molecule has 0 spiro atoms. The Morgan fingerprint density at radius 1 is 1.42 bits per heavy atom. The van der Waals surface area contributed by atoms with Gasteiger partial charge in [0.15, 0.2) is 0 Å². The van der Waals surface area contributed by atoms with Crippen LogP contribution in [0.15, 0.2) is 6.07 Å². The molecule has 1 rings (SSSR count). The Balaban J connectivity index is 3.06. The van der Waals surface area contributed by atoms with Gasteiger partial charge < -0.3 is 4.74 Å². The minimum absolute atomic E-state index is 0.318. The maximum absolute atomic E-state index is 4.78. The molecule has 0 aliphatic carbocycles. The zero-order valence-electron chi connectivity index (χ0n) is 7.66. The molecule has 0 saturated carbocycles. The Labute approximate surface area is 72.8 Å². The first-order chi connectivity index (χ1) is 5.63. The number of aryl methyl sites for hydroxylation is 1. The van der Waals surface area contributed by atoms with Gasteiger partial charge in [0.1, 0.15) is 12.9 Å². The van der Waals surface area contributed by atoms with Gasteiger partial charge in [0.2, 0.25) is 5.88 Å². The molecule has 12 heavy (non-hydrogen) atoms. The molecule has 1 aromatic rings. The molecule has 0 aliphatic heterocycles. The standard InChI is InChI=1S/C9H13N2O/c1-6(2)9-10-7(3)5-8(11-9)12-4/h5-6H,4H2,1-3H3. The van der Waals surface area contributed by atoms with Crippen molar-refractivity contribution in [1.82, 2.24) is 9.97 Å². The smallest absolute Gasteiger partial charge is 0.216 e. The van der Waals surface area contributed by atoms with Crippen molar-refractivity contribution in [1.29, 1.82) is 0 Å². The minimum atomic E-state index is 0.318. The van der Waals surface area contributed by atoms with Gasteiger partial charge in [-0.2, -0.15) is 4.98 Å².